The van der Waals surface area contributed by atoms with E-state index in [1.807, 2.05) is 0 Å². The number of fused-ring (bicyclic) bond motifs is 3. The molecular weight excluding hydrogens is 341 g/mol. The molecule has 0 radical (unpaired) electrons. The van der Waals surface area contributed by atoms with Gasteiger partial charge in [0.2, 0.25) is 11.5 Å². The van der Waals surface area contributed by atoms with Crippen LogP contribution in [-0.4, -0.2) is 26.1 Å². The monoisotopic (exact) mass is 355 g/mol. The van der Waals surface area contributed by atoms with Crippen LogP contribution in [0.1, 0.15) is 30.5 Å². The second-order valence-corrected chi connectivity index (χ2v) is 6.26. The number of imidazole rings is 1. The molecule has 26 heavy (non-hydrogen) atoms. The van der Waals surface area contributed by atoms with Gasteiger partial charge in [-0.15, -0.1) is 0 Å². The van der Waals surface area contributed by atoms with Crippen molar-refractivity contribution in [3.05, 3.63) is 47.1 Å². The van der Waals surface area contributed by atoms with E-state index in [-0.39, 0.29) is 17.4 Å². The Balaban J connectivity index is 1.74. The Morgan fingerprint density at radius 3 is 3.08 bits per heavy atom. The van der Waals surface area contributed by atoms with Gasteiger partial charge in [-0.25, -0.2) is 4.98 Å². The van der Waals surface area contributed by atoms with Crippen molar-refractivity contribution in [2.24, 2.45) is 0 Å². The van der Waals surface area contributed by atoms with E-state index in [0.717, 1.165) is 12.8 Å². The molecule has 3 aromatic heterocycles. The number of benzene rings is 1. The van der Waals surface area contributed by atoms with E-state index in [2.05, 4.69) is 15.1 Å². The molecule has 8 nitrogen and oxygen atoms in total. The van der Waals surface area contributed by atoms with Crippen LogP contribution in [0.3, 0.4) is 0 Å². The molecule has 1 saturated heterocycles. The fourth-order valence-electron chi connectivity index (χ4n) is 3.44. The number of hydrogen-bond donors (Lipinski definition) is 0. The number of hydrogen-bond acceptors (Lipinski definition) is 6. The van der Waals surface area contributed by atoms with Gasteiger partial charge < -0.3 is 14.5 Å². The van der Waals surface area contributed by atoms with Crippen LogP contribution in [0, 0.1) is 17.9 Å². The molecule has 1 fully saturated rings. The van der Waals surface area contributed by atoms with Crippen LogP contribution >= 0.6 is 0 Å². The standard InChI is InChI=1S/C17H14FN5O3/c1-9-14-13(16-20-17(26-21-16)12-6-3-7-25-12)19-8-22(14)11-5-2-4-10(18)15(11)23(9)24/h2,4-5,8,12H,3,6-7H2,1H3. The topological polar surface area (TPSA) is 92.4 Å². The maximum atomic E-state index is 14.2. The average molecular weight is 355 g/mol. The molecule has 1 aliphatic heterocycles. The number of nitrogens with zero attached hydrogens (tertiary/aromatic N) is 5. The molecule has 0 N–H and O–H groups in total. The highest BCUT2D eigenvalue weighted by Crippen LogP contribution is 2.30. The van der Waals surface area contributed by atoms with Crippen LogP contribution in [0.5, 0.6) is 0 Å². The Bertz CT molecular complexity index is 1150. The van der Waals surface area contributed by atoms with E-state index in [9.17, 15) is 9.60 Å². The first kappa shape index (κ1) is 15.2. The molecule has 5 rings (SSSR count). The number of aryl methyl sites for hydroxylation is 1. The Hall–Kier alpha value is -3.07. The lowest BCUT2D eigenvalue weighted by molar-refractivity contribution is -0.584. The highest BCUT2D eigenvalue weighted by atomic mass is 19.1. The second kappa shape index (κ2) is 5.46. The van der Waals surface area contributed by atoms with Crippen LogP contribution in [-0.2, 0) is 4.74 Å². The fourth-order valence-corrected chi connectivity index (χ4v) is 3.44. The van der Waals surface area contributed by atoms with Crippen molar-refractivity contribution < 1.29 is 18.4 Å². The van der Waals surface area contributed by atoms with E-state index in [4.69, 9.17) is 9.26 Å². The first-order valence-corrected chi connectivity index (χ1v) is 8.28. The predicted octanol–water partition coefficient (Wildman–Crippen LogP) is 2.47. The van der Waals surface area contributed by atoms with Crippen molar-refractivity contribution in [3.63, 3.8) is 0 Å². The van der Waals surface area contributed by atoms with E-state index in [1.54, 1.807) is 23.5 Å². The third kappa shape index (κ3) is 2.03. The van der Waals surface area contributed by atoms with E-state index < -0.39 is 5.82 Å². The highest BCUT2D eigenvalue weighted by molar-refractivity contribution is 5.82. The summed E-state index contributed by atoms with van der Waals surface area (Å²) in [5.41, 5.74) is 1.61. The van der Waals surface area contributed by atoms with Gasteiger partial charge in [0.15, 0.2) is 5.82 Å². The van der Waals surface area contributed by atoms with Gasteiger partial charge in [0.25, 0.3) is 11.4 Å². The summed E-state index contributed by atoms with van der Waals surface area (Å²) >= 11 is 0. The molecule has 0 amide bonds. The number of aromatic nitrogens is 5. The van der Waals surface area contributed by atoms with E-state index in [0.29, 0.717) is 39.6 Å². The summed E-state index contributed by atoms with van der Waals surface area (Å²) in [6, 6.07) is 4.47. The van der Waals surface area contributed by atoms with Gasteiger partial charge in [-0.05, 0) is 25.0 Å². The zero-order valence-corrected chi connectivity index (χ0v) is 13.8. The number of halogens is 1. The molecule has 0 spiro atoms. The first-order valence-electron chi connectivity index (χ1n) is 8.28. The van der Waals surface area contributed by atoms with Gasteiger partial charge >= 0.3 is 0 Å². The molecule has 1 unspecified atom stereocenters. The molecule has 0 bridgehead atoms. The molecule has 132 valence electrons. The lowest BCUT2D eigenvalue weighted by atomic mass is 10.2. The minimum Gasteiger partial charge on any atom is -0.618 e. The Morgan fingerprint density at radius 1 is 1.38 bits per heavy atom. The Kier molecular flexibility index (Phi) is 3.20. The third-order valence-corrected chi connectivity index (χ3v) is 4.70. The van der Waals surface area contributed by atoms with Crippen LogP contribution < -0.4 is 4.73 Å². The van der Waals surface area contributed by atoms with E-state index in [1.165, 1.54) is 12.4 Å². The lowest BCUT2D eigenvalue weighted by Crippen LogP contribution is -2.33. The van der Waals surface area contributed by atoms with Gasteiger partial charge in [-0.3, -0.25) is 4.40 Å². The van der Waals surface area contributed by atoms with Crippen LogP contribution in [0.25, 0.3) is 28.1 Å². The molecule has 4 heterocycles. The smallest absolute Gasteiger partial charge is 0.277 e. The molecule has 0 saturated carbocycles. The molecule has 4 aromatic rings. The summed E-state index contributed by atoms with van der Waals surface area (Å²) in [6.45, 7) is 2.28. The number of para-hydroxylation sites is 1. The van der Waals surface area contributed by atoms with Crippen molar-refractivity contribution in [3.8, 4) is 11.5 Å². The minimum absolute atomic E-state index is 0.0328. The summed E-state index contributed by atoms with van der Waals surface area (Å²) in [6.07, 6.45) is 3.10. The van der Waals surface area contributed by atoms with Crippen LogP contribution in [0.4, 0.5) is 4.39 Å². The average Bonchev–Trinajstić information content (AvgIpc) is 3.38. The maximum absolute atomic E-state index is 14.2. The molecule has 1 aromatic carbocycles. The van der Waals surface area contributed by atoms with Gasteiger partial charge in [0, 0.05) is 13.5 Å². The number of rotatable bonds is 2. The Morgan fingerprint density at radius 2 is 2.27 bits per heavy atom. The SMILES string of the molecule is Cc1c2c(-c3noc(C4CCCO4)n3)ncn2c2cccc(F)c2[n+]1[O-]. The summed E-state index contributed by atoms with van der Waals surface area (Å²) < 4.78 is 27.3. The van der Waals surface area contributed by atoms with Gasteiger partial charge in [0.1, 0.15) is 29.2 Å². The van der Waals surface area contributed by atoms with Crippen LogP contribution in [0.2, 0.25) is 0 Å². The minimum atomic E-state index is -0.585. The predicted molar refractivity (Wildman–Crippen MR) is 87.6 cm³/mol. The quantitative estimate of drug-likeness (QED) is 0.405. The summed E-state index contributed by atoms with van der Waals surface area (Å²) in [7, 11) is 0. The Labute approximate surface area is 146 Å². The first-order chi connectivity index (χ1) is 12.6. The largest absolute Gasteiger partial charge is 0.618 e. The number of ether oxygens (including phenoxy) is 1. The van der Waals surface area contributed by atoms with Crippen molar-refractivity contribution >= 4 is 16.6 Å². The maximum Gasteiger partial charge on any atom is 0.277 e. The van der Waals surface area contributed by atoms with Crippen molar-refractivity contribution in [2.75, 3.05) is 6.61 Å². The third-order valence-electron chi connectivity index (χ3n) is 4.70. The summed E-state index contributed by atoms with van der Waals surface area (Å²) in [5.74, 6) is 0.0907. The summed E-state index contributed by atoms with van der Waals surface area (Å²) in [5, 5.41) is 16.6. The highest BCUT2D eigenvalue weighted by Gasteiger charge is 2.28. The van der Waals surface area contributed by atoms with Crippen molar-refractivity contribution in [2.45, 2.75) is 25.9 Å². The normalized spacial score (nSPS) is 17.5. The van der Waals surface area contributed by atoms with Gasteiger partial charge in [-0.2, -0.15) is 14.1 Å². The molecular formula is C17H14FN5O3. The lowest BCUT2D eigenvalue weighted by Gasteiger charge is -2.08. The second-order valence-electron chi connectivity index (χ2n) is 6.26. The molecule has 0 aliphatic carbocycles. The molecule has 1 atom stereocenters. The van der Waals surface area contributed by atoms with Gasteiger partial charge in [-0.1, -0.05) is 11.2 Å². The van der Waals surface area contributed by atoms with Gasteiger partial charge in [0.05, 0.1) is 0 Å². The molecule has 9 heteroatoms. The van der Waals surface area contributed by atoms with Crippen molar-refractivity contribution in [1.29, 1.82) is 0 Å². The van der Waals surface area contributed by atoms with E-state index >= 15 is 0 Å². The van der Waals surface area contributed by atoms with Crippen LogP contribution in [0.15, 0.2) is 29.0 Å². The zero-order valence-electron chi connectivity index (χ0n) is 13.8. The summed E-state index contributed by atoms with van der Waals surface area (Å²) in [4.78, 5) is 8.74. The van der Waals surface area contributed by atoms with Crippen molar-refractivity contribution in [1.82, 2.24) is 19.5 Å². The fraction of sp³-hybridized carbons (Fsp3) is 0.294. The molecule has 1 aliphatic rings. The zero-order chi connectivity index (χ0) is 17.8.